The summed E-state index contributed by atoms with van der Waals surface area (Å²) in [6.07, 6.45) is 0.0757. The van der Waals surface area contributed by atoms with Crippen molar-refractivity contribution >= 4 is 11.9 Å². The summed E-state index contributed by atoms with van der Waals surface area (Å²) in [4.78, 5) is 24.0. The molecule has 3 aromatic rings. The third-order valence-electron chi connectivity index (χ3n) is 5.23. The van der Waals surface area contributed by atoms with Gasteiger partial charge >= 0.3 is 11.9 Å². The first-order valence-corrected chi connectivity index (χ1v) is 9.37. The number of aryl methyl sites for hydroxylation is 2. The van der Waals surface area contributed by atoms with E-state index in [1.54, 1.807) is 50.2 Å². The van der Waals surface area contributed by atoms with Crippen LogP contribution in [-0.4, -0.2) is 32.4 Å². The molecule has 0 amide bonds. The lowest BCUT2D eigenvalue weighted by Gasteiger charge is -2.17. The van der Waals surface area contributed by atoms with E-state index in [4.69, 9.17) is 0 Å². The largest absolute Gasteiger partial charge is 0.507 e. The van der Waals surface area contributed by atoms with Gasteiger partial charge in [0.15, 0.2) is 0 Å². The summed E-state index contributed by atoms with van der Waals surface area (Å²) in [7, 11) is 0. The average molecular weight is 406 g/mol. The quantitative estimate of drug-likeness (QED) is 0.485. The van der Waals surface area contributed by atoms with Crippen LogP contribution in [0.1, 0.15) is 54.1 Å². The second-order valence-electron chi connectivity index (χ2n) is 7.25. The summed E-state index contributed by atoms with van der Waals surface area (Å²) in [5.41, 5.74) is 2.50. The lowest BCUT2D eigenvalue weighted by atomic mass is 9.88. The molecule has 4 N–H and O–H groups in total. The molecule has 0 bridgehead atoms. The maximum atomic E-state index is 12.2. The third-order valence-corrected chi connectivity index (χ3v) is 5.23. The van der Waals surface area contributed by atoms with E-state index in [-0.39, 0.29) is 41.0 Å². The molecule has 0 radical (unpaired) electrons. The first kappa shape index (κ1) is 20.9. The number of hydrogen-bond donors (Lipinski definition) is 4. The summed E-state index contributed by atoms with van der Waals surface area (Å²) >= 11 is 0. The summed E-state index contributed by atoms with van der Waals surface area (Å²) in [6, 6.07) is 13.1. The minimum Gasteiger partial charge on any atom is -0.507 e. The van der Waals surface area contributed by atoms with Gasteiger partial charge in [0.25, 0.3) is 0 Å². The molecule has 0 heterocycles. The van der Waals surface area contributed by atoms with Gasteiger partial charge < -0.3 is 20.4 Å². The maximum Gasteiger partial charge on any atom is 0.336 e. The van der Waals surface area contributed by atoms with Crippen LogP contribution < -0.4 is 0 Å². The SMILES string of the molecule is Cc1cccc(Cc2ccc(C(=O)O)c(Cc3cccc(C)c3O)c2C(=O)O)c1O. The van der Waals surface area contributed by atoms with E-state index >= 15 is 0 Å². The first-order chi connectivity index (χ1) is 14.2. The van der Waals surface area contributed by atoms with Crippen LogP contribution in [-0.2, 0) is 12.8 Å². The van der Waals surface area contributed by atoms with Gasteiger partial charge in [0.2, 0.25) is 0 Å². The molecule has 3 rings (SSSR count). The van der Waals surface area contributed by atoms with Gasteiger partial charge in [0, 0.05) is 12.8 Å². The van der Waals surface area contributed by atoms with Gasteiger partial charge in [-0.3, -0.25) is 0 Å². The molecule has 30 heavy (non-hydrogen) atoms. The van der Waals surface area contributed by atoms with E-state index in [0.717, 1.165) is 0 Å². The second kappa shape index (κ2) is 8.29. The molecule has 0 unspecified atom stereocenters. The van der Waals surface area contributed by atoms with Crippen LogP contribution in [0.4, 0.5) is 0 Å². The molecule has 3 aromatic carbocycles. The fourth-order valence-corrected chi connectivity index (χ4v) is 3.61. The Hall–Kier alpha value is -3.80. The number of para-hydroxylation sites is 2. The number of carbonyl (C=O) groups is 2. The third kappa shape index (κ3) is 3.98. The Morgan fingerprint density at radius 3 is 1.73 bits per heavy atom. The molecular weight excluding hydrogens is 384 g/mol. The highest BCUT2D eigenvalue weighted by Crippen LogP contribution is 2.31. The zero-order valence-electron chi connectivity index (χ0n) is 16.6. The molecule has 0 aliphatic heterocycles. The number of hydrogen-bond acceptors (Lipinski definition) is 4. The highest BCUT2D eigenvalue weighted by molar-refractivity contribution is 5.98. The van der Waals surface area contributed by atoms with Crippen molar-refractivity contribution in [1.82, 2.24) is 0 Å². The number of aromatic hydroxyl groups is 2. The minimum atomic E-state index is -1.26. The molecule has 0 aromatic heterocycles. The Morgan fingerprint density at radius 2 is 1.23 bits per heavy atom. The van der Waals surface area contributed by atoms with Crippen molar-refractivity contribution in [2.75, 3.05) is 0 Å². The summed E-state index contributed by atoms with van der Waals surface area (Å²) in [5, 5.41) is 40.3. The van der Waals surface area contributed by atoms with E-state index in [2.05, 4.69) is 0 Å². The van der Waals surface area contributed by atoms with Gasteiger partial charge in [-0.2, -0.15) is 0 Å². The molecule has 0 saturated carbocycles. The first-order valence-electron chi connectivity index (χ1n) is 9.37. The van der Waals surface area contributed by atoms with Crippen LogP contribution in [0.15, 0.2) is 48.5 Å². The van der Waals surface area contributed by atoms with Crippen molar-refractivity contribution in [2.24, 2.45) is 0 Å². The highest BCUT2D eigenvalue weighted by atomic mass is 16.4. The molecule has 154 valence electrons. The van der Waals surface area contributed by atoms with E-state index in [9.17, 15) is 30.0 Å². The van der Waals surface area contributed by atoms with Crippen LogP contribution in [0, 0.1) is 13.8 Å². The second-order valence-corrected chi connectivity index (χ2v) is 7.25. The van der Waals surface area contributed by atoms with Crippen molar-refractivity contribution in [3.63, 3.8) is 0 Å². The number of phenolic OH excluding ortho intramolecular Hbond substituents is 2. The Morgan fingerprint density at radius 1 is 0.700 bits per heavy atom. The summed E-state index contributed by atoms with van der Waals surface area (Å²) in [5.74, 6) is -2.42. The van der Waals surface area contributed by atoms with Crippen molar-refractivity contribution in [3.8, 4) is 11.5 Å². The molecule has 0 aliphatic carbocycles. The monoisotopic (exact) mass is 406 g/mol. The predicted molar refractivity (Wildman–Crippen MR) is 112 cm³/mol. The van der Waals surface area contributed by atoms with Crippen LogP contribution in [0.3, 0.4) is 0 Å². The standard InChI is InChI=1S/C24H22O6/c1-13-5-3-7-16(21(13)25)11-15-9-10-18(23(27)28)19(20(15)24(29)30)12-17-8-4-6-14(2)22(17)26/h3-10,25-26H,11-12H2,1-2H3,(H,27,28)(H,29,30). The van der Waals surface area contributed by atoms with Crippen molar-refractivity contribution in [1.29, 1.82) is 0 Å². The van der Waals surface area contributed by atoms with Crippen LogP contribution >= 0.6 is 0 Å². The van der Waals surface area contributed by atoms with Gasteiger partial charge in [-0.1, -0.05) is 42.5 Å². The Balaban J connectivity index is 2.19. The number of aromatic carboxylic acids is 2. The molecular formula is C24H22O6. The number of carboxylic acid groups (broad SMARTS) is 2. The summed E-state index contributed by atoms with van der Waals surface area (Å²) in [6.45, 7) is 3.46. The smallest absolute Gasteiger partial charge is 0.336 e. The van der Waals surface area contributed by atoms with E-state index in [1.165, 1.54) is 12.1 Å². The lowest BCUT2D eigenvalue weighted by Crippen LogP contribution is -2.14. The van der Waals surface area contributed by atoms with Gasteiger partial charge in [0.1, 0.15) is 11.5 Å². The van der Waals surface area contributed by atoms with Crippen LogP contribution in [0.25, 0.3) is 0 Å². The molecule has 6 heteroatoms. The van der Waals surface area contributed by atoms with Crippen molar-refractivity contribution < 1.29 is 30.0 Å². The average Bonchev–Trinajstić information content (AvgIpc) is 2.68. The van der Waals surface area contributed by atoms with Gasteiger partial charge in [-0.05, 0) is 53.3 Å². The van der Waals surface area contributed by atoms with E-state index in [1.807, 2.05) is 0 Å². The zero-order chi connectivity index (χ0) is 22.0. The maximum absolute atomic E-state index is 12.2. The van der Waals surface area contributed by atoms with E-state index in [0.29, 0.717) is 27.8 Å². The Bertz CT molecular complexity index is 1150. The molecule has 0 aliphatic rings. The van der Waals surface area contributed by atoms with E-state index < -0.39 is 11.9 Å². The fourth-order valence-electron chi connectivity index (χ4n) is 3.61. The van der Waals surface area contributed by atoms with Crippen molar-refractivity contribution in [3.05, 3.63) is 93.0 Å². The Kier molecular flexibility index (Phi) is 5.78. The Labute approximate surface area is 173 Å². The number of benzene rings is 3. The lowest BCUT2D eigenvalue weighted by molar-refractivity contribution is 0.0694. The zero-order valence-corrected chi connectivity index (χ0v) is 16.6. The normalized spacial score (nSPS) is 10.7. The number of carboxylic acids is 2. The molecule has 0 saturated heterocycles. The number of phenols is 2. The molecule has 0 fully saturated rings. The molecule has 0 spiro atoms. The minimum absolute atomic E-state index is 0.00640. The topological polar surface area (TPSA) is 115 Å². The summed E-state index contributed by atoms with van der Waals surface area (Å²) < 4.78 is 0. The van der Waals surface area contributed by atoms with Gasteiger partial charge in [0.05, 0.1) is 11.1 Å². The van der Waals surface area contributed by atoms with Crippen LogP contribution in [0.5, 0.6) is 11.5 Å². The van der Waals surface area contributed by atoms with Crippen LogP contribution in [0.2, 0.25) is 0 Å². The fraction of sp³-hybridized carbons (Fsp3) is 0.167. The van der Waals surface area contributed by atoms with Gasteiger partial charge in [-0.25, -0.2) is 9.59 Å². The highest BCUT2D eigenvalue weighted by Gasteiger charge is 2.24. The van der Waals surface area contributed by atoms with Crippen molar-refractivity contribution in [2.45, 2.75) is 26.7 Å². The number of rotatable bonds is 6. The molecule has 0 atom stereocenters. The van der Waals surface area contributed by atoms with Gasteiger partial charge in [-0.15, -0.1) is 0 Å². The molecule has 6 nitrogen and oxygen atoms in total. The predicted octanol–water partition coefficient (Wildman–Crippen LogP) is 4.29.